The van der Waals surface area contributed by atoms with E-state index in [4.69, 9.17) is 4.52 Å². The molecule has 0 aliphatic carbocycles. The van der Waals surface area contributed by atoms with Crippen molar-refractivity contribution in [2.24, 2.45) is 0 Å². The minimum absolute atomic E-state index is 0.0852. The Morgan fingerprint density at radius 1 is 1.73 bits per heavy atom. The summed E-state index contributed by atoms with van der Waals surface area (Å²) in [6.45, 7) is 3.77. The molecular formula is C8H13O2P. The summed E-state index contributed by atoms with van der Waals surface area (Å²) in [5.74, 6) is 3.31. The second-order valence-electron chi connectivity index (χ2n) is 2.66. The smallest absolute Gasteiger partial charge is 0.246 e. The SMILES string of the molecule is C/C=C/[P@]1(=O)C=CC[C@H](C)O1. The molecule has 1 heterocycles. The van der Waals surface area contributed by atoms with Gasteiger partial charge in [0.1, 0.15) is 0 Å². The number of allylic oxidation sites excluding steroid dienone is 1. The molecule has 3 heteroatoms. The molecule has 62 valence electrons. The maximum Gasteiger partial charge on any atom is 0.246 e. The molecule has 1 aliphatic heterocycles. The molecule has 0 N–H and O–H groups in total. The summed E-state index contributed by atoms with van der Waals surface area (Å²) in [4.78, 5) is 0. The first-order chi connectivity index (χ1) is 5.16. The summed E-state index contributed by atoms with van der Waals surface area (Å²) < 4.78 is 16.9. The Hall–Kier alpha value is -0.330. The first kappa shape index (κ1) is 8.76. The monoisotopic (exact) mass is 172 g/mol. The summed E-state index contributed by atoms with van der Waals surface area (Å²) >= 11 is 0. The van der Waals surface area contributed by atoms with Crippen molar-refractivity contribution in [2.75, 3.05) is 0 Å². The normalized spacial score (nSPS) is 38.2. The van der Waals surface area contributed by atoms with Crippen LogP contribution in [0.3, 0.4) is 0 Å². The van der Waals surface area contributed by atoms with Crippen LogP contribution >= 0.6 is 7.37 Å². The lowest BCUT2D eigenvalue weighted by atomic mass is 10.3. The Kier molecular flexibility index (Phi) is 2.69. The van der Waals surface area contributed by atoms with Gasteiger partial charge in [-0.25, -0.2) is 0 Å². The van der Waals surface area contributed by atoms with Gasteiger partial charge in [-0.2, -0.15) is 0 Å². The van der Waals surface area contributed by atoms with Crippen molar-refractivity contribution in [3.63, 3.8) is 0 Å². The zero-order valence-electron chi connectivity index (χ0n) is 6.86. The van der Waals surface area contributed by atoms with Crippen molar-refractivity contribution in [3.8, 4) is 0 Å². The molecule has 2 nitrogen and oxygen atoms in total. The molecule has 0 aromatic rings. The van der Waals surface area contributed by atoms with E-state index in [9.17, 15) is 4.57 Å². The average Bonchev–Trinajstić information content (AvgIpc) is 1.86. The van der Waals surface area contributed by atoms with Crippen LogP contribution in [0.15, 0.2) is 23.8 Å². The lowest BCUT2D eigenvalue weighted by molar-refractivity contribution is 0.230. The van der Waals surface area contributed by atoms with Crippen LogP contribution in [0.4, 0.5) is 0 Å². The number of hydrogen-bond donors (Lipinski definition) is 0. The first-order valence-electron chi connectivity index (χ1n) is 3.76. The van der Waals surface area contributed by atoms with Crippen molar-refractivity contribution < 1.29 is 9.09 Å². The van der Waals surface area contributed by atoms with Crippen LogP contribution in [-0.4, -0.2) is 6.10 Å². The van der Waals surface area contributed by atoms with E-state index in [0.717, 1.165) is 6.42 Å². The van der Waals surface area contributed by atoms with Gasteiger partial charge >= 0.3 is 0 Å². The third-order valence-corrected chi connectivity index (χ3v) is 3.51. The van der Waals surface area contributed by atoms with E-state index < -0.39 is 7.37 Å². The minimum Gasteiger partial charge on any atom is -0.319 e. The Bertz CT molecular complexity index is 230. The highest BCUT2D eigenvalue weighted by molar-refractivity contribution is 7.65. The van der Waals surface area contributed by atoms with E-state index in [1.807, 2.05) is 19.9 Å². The van der Waals surface area contributed by atoms with Crippen molar-refractivity contribution in [1.29, 1.82) is 0 Å². The first-order valence-corrected chi connectivity index (χ1v) is 5.52. The average molecular weight is 172 g/mol. The van der Waals surface area contributed by atoms with Gasteiger partial charge in [0, 0.05) is 11.6 Å². The highest BCUT2D eigenvalue weighted by Crippen LogP contribution is 2.53. The van der Waals surface area contributed by atoms with Gasteiger partial charge in [-0.1, -0.05) is 12.2 Å². The molecule has 2 atom stereocenters. The predicted molar refractivity (Wildman–Crippen MR) is 46.7 cm³/mol. The fraction of sp³-hybridized carbons (Fsp3) is 0.500. The van der Waals surface area contributed by atoms with Crippen LogP contribution < -0.4 is 0 Å². The Labute approximate surface area is 67.4 Å². The van der Waals surface area contributed by atoms with E-state index in [2.05, 4.69) is 0 Å². The minimum atomic E-state index is -2.53. The third kappa shape index (κ3) is 2.32. The number of rotatable bonds is 1. The molecule has 0 bridgehead atoms. The summed E-state index contributed by atoms with van der Waals surface area (Å²) in [6, 6.07) is 0. The highest BCUT2D eigenvalue weighted by atomic mass is 31.2. The van der Waals surface area contributed by atoms with E-state index in [1.165, 1.54) is 0 Å². The molecule has 0 aromatic carbocycles. The molecule has 0 saturated heterocycles. The molecule has 0 unspecified atom stereocenters. The van der Waals surface area contributed by atoms with E-state index in [1.54, 1.807) is 17.7 Å². The van der Waals surface area contributed by atoms with Crippen molar-refractivity contribution in [2.45, 2.75) is 26.4 Å². The van der Waals surface area contributed by atoms with Crippen molar-refractivity contribution >= 4 is 7.37 Å². The zero-order valence-corrected chi connectivity index (χ0v) is 7.75. The molecule has 1 aliphatic rings. The Morgan fingerprint density at radius 3 is 3.00 bits per heavy atom. The summed E-state index contributed by atoms with van der Waals surface area (Å²) in [6.07, 6.45) is 4.64. The van der Waals surface area contributed by atoms with Crippen LogP contribution in [0.2, 0.25) is 0 Å². The molecule has 0 radical (unpaired) electrons. The molecule has 1 rings (SSSR count). The van der Waals surface area contributed by atoms with Gasteiger partial charge in [-0.05, 0) is 20.3 Å². The zero-order chi connectivity index (χ0) is 8.32. The molecular weight excluding hydrogens is 159 g/mol. The second-order valence-corrected chi connectivity index (χ2v) is 4.76. The van der Waals surface area contributed by atoms with Crippen LogP contribution in [0.5, 0.6) is 0 Å². The summed E-state index contributed by atoms with van der Waals surface area (Å²) in [7, 11) is -2.53. The van der Waals surface area contributed by atoms with E-state index in [0.29, 0.717) is 0 Å². The molecule has 0 aromatic heterocycles. The fourth-order valence-corrected chi connectivity index (χ4v) is 2.77. The molecule has 0 spiro atoms. The van der Waals surface area contributed by atoms with Gasteiger partial charge in [-0.15, -0.1) is 0 Å². The molecule has 11 heavy (non-hydrogen) atoms. The standard InChI is InChI=1S/C8H13O2P/c1-3-6-11(9)7-4-5-8(2)10-11/h3-4,6-8H,5H2,1-2H3/b6-3+/t8-,11+/m0/s1. The quantitative estimate of drug-likeness (QED) is 0.568. The number of hydrogen-bond acceptors (Lipinski definition) is 2. The van der Waals surface area contributed by atoms with Crippen LogP contribution in [0.25, 0.3) is 0 Å². The molecule has 0 fully saturated rings. The van der Waals surface area contributed by atoms with Crippen molar-refractivity contribution in [1.82, 2.24) is 0 Å². The van der Waals surface area contributed by atoms with Gasteiger partial charge in [0.15, 0.2) is 0 Å². The van der Waals surface area contributed by atoms with E-state index in [-0.39, 0.29) is 6.10 Å². The van der Waals surface area contributed by atoms with Crippen LogP contribution in [0.1, 0.15) is 20.3 Å². The third-order valence-electron chi connectivity index (χ3n) is 1.48. The maximum absolute atomic E-state index is 11.6. The topological polar surface area (TPSA) is 26.3 Å². The largest absolute Gasteiger partial charge is 0.319 e. The summed E-state index contributed by atoms with van der Waals surface area (Å²) in [5, 5.41) is 0. The van der Waals surface area contributed by atoms with Gasteiger partial charge < -0.3 is 4.52 Å². The van der Waals surface area contributed by atoms with Crippen LogP contribution in [-0.2, 0) is 9.09 Å². The van der Waals surface area contributed by atoms with Crippen LogP contribution in [0, 0.1) is 0 Å². The molecule has 0 amide bonds. The highest BCUT2D eigenvalue weighted by Gasteiger charge is 2.21. The van der Waals surface area contributed by atoms with Gasteiger partial charge in [-0.3, -0.25) is 4.57 Å². The second kappa shape index (κ2) is 3.38. The summed E-state index contributed by atoms with van der Waals surface area (Å²) in [5.41, 5.74) is 0. The molecule has 0 saturated carbocycles. The fourth-order valence-electron chi connectivity index (χ4n) is 1.05. The Morgan fingerprint density at radius 2 is 2.45 bits per heavy atom. The lowest BCUT2D eigenvalue weighted by Gasteiger charge is -2.20. The van der Waals surface area contributed by atoms with Crippen molar-refractivity contribution in [3.05, 3.63) is 23.8 Å². The predicted octanol–water partition coefficient (Wildman–Crippen LogP) is 3.12. The van der Waals surface area contributed by atoms with Gasteiger partial charge in [0.2, 0.25) is 7.37 Å². The van der Waals surface area contributed by atoms with Gasteiger partial charge in [0.05, 0.1) is 6.10 Å². The Balaban J connectivity index is 2.79. The lowest BCUT2D eigenvalue weighted by Crippen LogP contribution is -2.06. The maximum atomic E-state index is 11.6. The van der Waals surface area contributed by atoms with Gasteiger partial charge in [0.25, 0.3) is 0 Å². The van der Waals surface area contributed by atoms with E-state index >= 15 is 0 Å².